The normalized spacial score (nSPS) is 15.4. The number of carbonyl (C=O) groups is 1. The number of fused-ring (bicyclic) bond motifs is 1. The van der Waals surface area contributed by atoms with E-state index >= 15 is 0 Å². The number of hydrogen-bond acceptors (Lipinski definition) is 8. The minimum Gasteiger partial charge on any atom is -0.496 e. The predicted molar refractivity (Wildman–Crippen MR) is 193 cm³/mol. The number of ether oxygens (including phenoxy) is 3. The number of benzene rings is 2. The molecule has 250 valence electrons. The average Bonchev–Trinajstić information content (AvgIpc) is 3.84. The fourth-order valence-electron chi connectivity index (χ4n) is 6.16. The molecule has 11 nitrogen and oxygen atoms in total. The van der Waals surface area contributed by atoms with Crippen molar-refractivity contribution in [1.29, 1.82) is 0 Å². The Morgan fingerprint density at radius 2 is 1.67 bits per heavy atom. The quantitative estimate of drug-likeness (QED) is 0.111. The molecule has 2 fully saturated rings. The van der Waals surface area contributed by atoms with Gasteiger partial charge in [0.05, 0.1) is 48.3 Å². The van der Waals surface area contributed by atoms with Gasteiger partial charge in [0.15, 0.2) is 5.84 Å². The molecule has 1 N–H and O–H groups in total. The fraction of sp³-hybridized carbons (Fsp3) is 0.314. The number of amides is 1. The molecule has 48 heavy (non-hydrogen) atoms. The molecule has 1 saturated heterocycles. The van der Waals surface area contributed by atoms with Crippen molar-refractivity contribution >= 4 is 64.5 Å². The summed E-state index contributed by atoms with van der Waals surface area (Å²) in [6, 6.07) is 8.00. The van der Waals surface area contributed by atoms with E-state index in [1.807, 2.05) is 29.5 Å². The van der Waals surface area contributed by atoms with E-state index in [0.717, 1.165) is 37.4 Å². The highest BCUT2D eigenvalue weighted by Gasteiger charge is 2.32. The van der Waals surface area contributed by atoms with Crippen molar-refractivity contribution in [3.05, 3.63) is 70.5 Å². The number of imidazole rings is 1. The lowest BCUT2D eigenvalue weighted by molar-refractivity contribution is -0.111. The van der Waals surface area contributed by atoms with E-state index in [4.69, 9.17) is 42.4 Å². The lowest BCUT2D eigenvalue weighted by Crippen LogP contribution is -2.47. The zero-order valence-corrected chi connectivity index (χ0v) is 28.9. The maximum atomic E-state index is 12.6. The molecule has 1 aliphatic carbocycles. The molecule has 2 aromatic heterocycles. The summed E-state index contributed by atoms with van der Waals surface area (Å²) in [5.41, 5.74) is 4.50. The predicted octanol–water partition coefficient (Wildman–Crippen LogP) is 6.83. The van der Waals surface area contributed by atoms with Gasteiger partial charge in [0.1, 0.15) is 28.7 Å². The molecule has 1 saturated carbocycles. The standard InChI is InChI=1S/C35H37Cl2N7O4/c1-7-29(45)40-24-17-22(26(46-4)18-25(24)43-14-12-42(13-15-43)21-8-9-21)33(38-3)41-34-20(2)16-23(35-39-10-11-44(34)35)30-31(36)27(47-5)19-28(48-6)32(30)37/h7,10-11,16-19,21H,1,3,8-9,12-15H2,2,4-6H3,(H,40,45). The summed E-state index contributed by atoms with van der Waals surface area (Å²) in [5.74, 6) is 1.87. The summed E-state index contributed by atoms with van der Waals surface area (Å²) >= 11 is 13.6. The summed E-state index contributed by atoms with van der Waals surface area (Å²) in [6.07, 6.45) is 7.24. The van der Waals surface area contributed by atoms with E-state index in [2.05, 4.69) is 38.4 Å². The number of methoxy groups -OCH3 is 3. The van der Waals surface area contributed by atoms with Crippen LogP contribution in [0.1, 0.15) is 24.0 Å². The molecule has 0 unspecified atom stereocenters. The Hall–Kier alpha value is -4.58. The molecule has 6 rings (SSSR count). The van der Waals surface area contributed by atoms with Crippen molar-refractivity contribution in [3.8, 4) is 28.4 Å². The molecule has 0 bridgehead atoms. The first-order chi connectivity index (χ1) is 23.2. The molecule has 2 aromatic carbocycles. The number of nitrogens with one attached hydrogen (secondary N) is 1. The van der Waals surface area contributed by atoms with Gasteiger partial charge in [-0.1, -0.05) is 29.8 Å². The Bertz CT molecular complexity index is 1920. The van der Waals surface area contributed by atoms with Crippen LogP contribution in [0, 0.1) is 6.92 Å². The third-order valence-electron chi connectivity index (χ3n) is 8.75. The Morgan fingerprint density at radius 1 is 1.00 bits per heavy atom. The number of aryl methyl sites for hydroxylation is 1. The molecular weight excluding hydrogens is 653 g/mol. The summed E-state index contributed by atoms with van der Waals surface area (Å²) in [7, 11) is 4.65. The van der Waals surface area contributed by atoms with Crippen LogP contribution in [0.3, 0.4) is 0 Å². The van der Waals surface area contributed by atoms with Crippen LogP contribution >= 0.6 is 23.2 Å². The van der Waals surface area contributed by atoms with Crippen LogP contribution in [-0.2, 0) is 4.79 Å². The Morgan fingerprint density at radius 3 is 2.25 bits per heavy atom. The summed E-state index contributed by atoms with van der Waals surface area (Å²) < 4.78 is 18.7. The molecule has 2 aliphatic rings. The van der Waals surface area contributed by atoms with Gasteiger partial charge in [-0.2, -0.15) is 0 Å². The lowest BCUT2D eigenvalue weighted by Gasteiger charge is -2.37. The van der Waals surface area contributed by atoms with Crippen LogP contribution in [0.4, 0.5) is 17.2 Å². The van der Waals surface area contributed by atoms with Crippen LogP contribution < -0.4 is 24.4 Å². The number of piperazine rings is 1. The van der Waals surface area contributed by atoms with Gasteiger partial charge in [-0.15, -0.1) is 0 Å². The third kappa shape index (κ3) is 6.21. The second-order valence-electron chi connectivity index (χ2n) is 11.6. The van der Waals surface area contributed by atoms with Crippen LogP contribution in [-0.4, -0.2) is 86.3 Å². The van der Waals surface area contributed by atoms with Gasteiger partial charge in [-0.3, -0.25) is 14.1 Å². The maximum Gasteiger partial charge on any atom is 0.247 e. The van der Waals surface area contributed by atoms with E-state index in [0.29, 0.717) is 67.2 Å². The van der Waals surface area contributed by atoms with E-state index in [-0.39, 0.29) is 11.7 Å². The molecule has 13 heteroatoms. The van der Waals surface area contributed by atoms with E-state index < -0.39 is 0 Å². The van der Waals surface area contributed by atoms with Crippen molar-refractivity contribution in [2.75, 3.05) is 57.7 Å². The van der Waals surface area contributed by atoms with Gasteiger partial charge in [-0.05, 0) is 50.3 Å². The van der Waals surface area contributed by atoms with E-state index in [9.17, 15) is 4.79 Å². The molecule has 1 aliphatic heterocycles. The maximum absolute atomic E-state index is 12.6. The number of nitrogens with zero attached hydrogens (tertiary/aromatic N) is 6. The fourth-order valence-corrected chi connectivity index (χ4v) is 6.87. The first-order valence-electron chi connectivity index (χ1n) is 15.5. The highest BCUT2D eigenvalue weighted by atomic mass is 35.5. The number of pyridine rings is 1. The lowest BCUT2D eigenvalue weighted by atomic mass is 10.0. The second-order valence-corrected chi connectivity index (χ2v) is 12.3. The first-order valence-corrected chi connectivity index (χ1v) is 16.3. The van der Waals surface area contributed by atoms with E-state index in [1.54, 1.807) is 25.6 Å². The van der Waals surface area contributed by atoms with Gasteiger partial charge in [0.2, 0.25) is 5.91 Å². The van der Waals surface area contributed by atoms with Crippen molar-refractivity contribution in [2.45, 2.75) is 25.8 Å². The molecular formula is C35H37Cl2N7O4. The number of hydrogen-bond donors (Lipinski definition) is 1. The van der Waals surface area contributed by atoms with Gasteiger partial charge in [-0.25, -0.2) is 15.0 Å². The smallest absolute Gasteiger partial charge is 0.247 e. The highest BCUT2D eigenvalue weighted by Crippen LogP contribution is 2.48. The van der Waals surface area contributed by atoms with Gasteiger partial charge in [0, 0.05) is 67.9 Å². The SMILES string of the molecule is C=CC(=O)Nc1cc(C(N=C)=Nc2c(C)cc(-c3c(Cl)c(OC)cc(OC)c3Cl)c3nccn23)c(OC)cc1N1CCN(C2CC2)CC1. The molecule has 0 spiro atoms. The Labute approximate surface area is 289 Å². The number of aliphatic imine (C=N–C) groups is 2. The number of halogens is 2. The van der Waals surface area contributed by atoms with E-state index in [1.165, 1.54) is 33.1 Å². The topological polar surface area (TPSA) is 105 Å². The largest absolute Gasteiger partial charge is 0.496 e. The summed E-state index contributed by atoms with van der Waals surface area (Å²) in [6.45, 7) is 13.0. The molecule has 3 heterocycles. The zero-order valence-electron chi connectivity index (χ0n) is 27.3. The Kier molecular flexibility index (Phi) is 9.63. The highest BCUT2D eigenvalue weighted by molar-refractivity contribution is 6.41. The van der Waals surface area contributed by atoms with Crippen molar-refractivity contribution in [2.24, 2.45) is 9.98 Å². The minimum atomic E-state index is -0.327. The molecule has 0 atom stereocenters. The van der Waals surface area contributed by atoms with Crippen LogP contribution in [0.5, 0.6) is 17.2 Å². The monoisotopic (exact) mass is 689 g/mol. The first kappa shape index (κ1) is 33.3. The van der Waals surface area contributed by atoms with Crippen molar-refractivity contribution in [3.63, 3.8) is 0 Å². The molecule has 1 amide bonds. The third-order valence-corrected chi connectivity index (χ3v) is 9.50. The molecule has 0 radical (unpaired) electrons. The second kappa shape index (κ2) is 13.9. The minimum absolute atomic E-state index is 0.288. The van der Waals surface area contributed by atoms with Crippen LogP contribution in [0.2, 0.25) is 10.0 Å². The summed E-state index contributed by atoms with van der Waals surface area (Å²) in [4.78, 5) is 31.3. The van der Waals surface area contributed by atoms with Crippen molar-refractivity contribution < 1.29 is 19.0 Å². The zero-order chi connectivity index (χ0) is 34.1. The van der Waals surface area contributed by atoms with Gasteiger partial charge < -0.3 is 24.4 Å². The molecule has 4 aromatic rings. The number of aromatic nitrogens is 2. The Balaban J connectivity index is 1.46. The van der Waals surface area contributed by atoms with Crippen LogP contribution in [0.25, 0.3) is 16.8 Å². The van der Waals surface area contributed by atoms with Crippen molar-refractivity contribution in [1.82, 2.24) is 14.3 Å². The van der Waals surface area contributed by atoms with Gasteiger partial charge in [0.25, 0.3) is 0 Å². The number of anilines is 2. The van der Waals surface area contributed by atoms with Crippen LogP contribution in [0.15, 0.2) is 59.3 Å². The number of rotatable bonds is 10. The number of carbonyl (C=O) groups excluding carboxylic acids is 1. The average molecular weight is 691 g/mol. The number of amidine groups is 1. The van der Waals surface area contributed by atoms with Gasteiger partial charge >= 0.3 is 0 Å². The summed E-state index contributed by atoms with van der Waals surface area (Å²) in [5, 5.41) is 3.63.